The Labute approximate surface area is 347 Å². The molecule has 0 aliphatic heterocycles. The van der Waals surface area contributed by atoms with Crippen LogP contribution in [-0.2, 0) is 26.8 Å². The second-order valence-electron chi connectivity index (χ2n) is 14.2. The lowest BCUT2D eigenvalue weighted by molar-refractivity contribution is 0.480. The van der Waals surface area contributed by atoms with E-state index in [0.717, 1.165) is 45.8 Å². The molecule has 0 amide bonds. The van der Waals surface area contributed by atoms with Crippen LogP contribution in [0.3, 0.4) is 0 Å². The van der Waals surface area contributed by atoms with E-state index in [1.165, 1.54) is 40.2 Å². The number of nitrogens with zero attached hydrogens (tertiary/aromatic N) is 1. The second-order valence-corrected chi connectivity index (χ2v) is 18.1. The van der Waals surface area contributed by atoms with Gasteiger partial charge in [0.05, 0.1) is 25.3 Å². The maximum atomic E-state index is 14.5. The highest BCUT2D eigenvalue weighted by atomic mass is 32.2. The lowest BCUT2D eigenvalue weighted by Gasteiger charge is -2.21. The Balaban J connectivity index is 1.36. The molecule has 0 radical (unpaired) electrons. The van der Waals surface area contributed by atoms with Gasteiger partial charge in [-0.1, -0.05) is 92.2 Å². The maximum absolute atomic E-state index is 14.5. The van der Waals surface area contributed by atoms with Gasteiger partial charge < -0.3 is 9.47 Å². The summed E-state index contributed by atoms with van der Waals surface area (Å²) in [5, 5.41) is 2.96. The molecule has 60 heavy (non-hydrogen) atoms. The summed E-state index contributed by atoms with van der Waals surface area (Å²) in [5.41, 5.74) is 1.24. The third-order valence-electron chi connectivity index (χ3n) is 10.5. The number of benzene rings is 7. The highest BCUT2D eigenvalue weighted by Crippen LogP contribution is 2.50. The number of aromatic nitrogens is 1. The van der Waals surface area contributed by atoms with Crippen molar-refractivity contribution < 1.29 is 35.4 Å². The zero-order chi connectivity index (χ0) is 41.9. The zero-order valence-electron chi connectivity index (χ0n) is 31.7. The molecule has 0 fully saturated rings. The van der Waals surface area contributed by atoms with Crippen molar-refractivity contribution in [1.82, 2.24) is 4.57 Å². The predicted octanol–water partition coefficient (Wildman–Crippen LogP) is 10.5. The number of ether oxygens (including phenoxy) is 2. The van der Waals surface area contributed by atoms with Crippen LogP contribution in [0.25, 0.3) is 64.0 Å². The van der Waals surface area contributed by atoms with E-state index in [1.807, 2.05) is 85.8 Å². The van der Waals surface area contributed by atoms with Crippen molar-refractivity contribution in [2.75, 3.05) is 0 Å². The van der Waals surface area contributed by atoms with Gasteiger partial charge in [0.2, 0.25) is 0 Å². The molecule has 9 aromatic rings. The first-order valence-electron chi connectivity index (χ1n) is 18.8. The third-order valence-corrected chi connectivity index (χ3v) is 13.4. The van der Waals surface area contributed by atoms with Crippen LogP contribution in [-0.4, -0.2) is 30.5 Å². The Morgan fingerprint density at radius 1 is 0.550 bits per heavy atom. The van der Waals surface area contributed by atoms with E-state index in [0.29, 0.717) is 44.3 Å². The minimum Gasteiger partial charge on any atom is -0.456 e. The van der Waals surface area contributed by atoms with Crippen LogP contribution in [0.4, 0.5) is 0 Å². The van der Waals surface area contributed by atoms with E-state index < -0.39 is 36.3 Å². The third kappa shape index (κ3) is 6.87. The summed E-state index contributed by atoms with van der Waals surface area (Å²) in [5.74, 6) is 1.23. The van der Waals surface area contributed by atoms with Crippen molar-refractivity contribution in [3.63, 3.8) is 0 Å². The number of pyridine rings is 1. The van der Waals surface area contributed by atoms with Gasteiger partial charge in [0.15, 0.2) is 0 Å². The van der Waals surface area contributed by atoms with Crippen LogP contribution in [0.1, 0.15) is 19.8 Å². The van der Waals surface area contributed by atoms with Gasteiger partial charge in [-0.25, -0.2) is 0 Å². The van der Waals surface area contributed by atoms with Crippen LogP contribution < -0.4 is 20.6 Å². The topological polar surface area (TPSA) is 166 Å². The summed E-state index contributed by atoms with van der Waals surface area (Å²) >= 11 is 1.37. The normalized spacial score (nSPS) is 12.2. The summed E-state index contributed by atoms with van der Waals surface area (Å²) in [7, 11) is -9.25. The fourth-order valence-corrected chi connectivity index (χ4v) is 9.77. The van der Waals surface area contributed by atoms with Crippen molar-refractivity contribution in [3.8, 4) is 45.3 Å². The molecule has 0 saturated heterocycles. The minimum absolute atomic E-state index is 0.0948. The Morgan fingerprint density at radius 3 is 1.83 bits per heavy atom. The number of hydrogen-bond donors (Lipinski definition) is 2. The quantitative estimate of drug-likeness (QED) is 0.0726. The molecule has 0 atom stereocenters. The number of hydrogen-bond acceptors (Lipinski definition) is 9. The van der Waals surface area contributed by atoms with Gasteiger partial charge in [-0.2, -0.15) is 16.8 Å². The Kier molecular flexibility index (Phi) is 9.76. The fourth-order valence-electron chi connectivity index (χ4n) is 7.63. The zero-order valence-corrected chi connectivity index (χ0v) is 34.1. The average Bonchev–Trinajstić information content (AvgIpc) is 3.24. The SMILES string of the molecule is CCCCn1c(=O)c2cc(Oc3ccc(S(=O)(=O)O)cc3-c3ccc(S(=O)(=O)O)cc3)c3sc4ccccc4c4c(Oc5ccccc5-c5ccccc5)cc(c1=O)c2c34. The lowest BCUT2D eigenvalue weighted by atomic mass is 9.96. The molecule has 0 spiro atoms. The van der Waals surface area contributed by atoms with Gasteiger partial charge >= 0.3 is 0 Å². The molecule has 9 rings (SSSR count). The van der Waals surface area contributed by atoms with Crippen molar-refractivity contribution in [1.29, 1.82) is 0 Å². The number of para-hydroxylation sites is 1. The second kappa shape index (κ2) is 15.0. The van der Waals surface area contributed by atoms with Crippen molar-refractivity contribution in [2.24, 2.45) is 0 Å². The summed E-state index contributed by atoms with van der Waals surface area (Å²) < 4.78 is 84.3. The van der Waals surface area contributed by atoms with Gasteiger partial charge in [0.25, 0.3) is 31.4 Å². The van der Waals surface area contributed by atoms with Gasteiger partial charge in [-0.15, -0.1) is 11.3 Å². The van der Waals surface area contributed by atoms with Crippen molar-refractivity contribution >= 4 is 73.3 Å². The Hall–Kier alpha value is -6.42. The van der Waals surface area contributed by atoms with Gasteiger partial charge in [-0.3, -0.25) is 23.3 Å². The molecular formula is C46H33NO10S3. The standard InChI is InChI=1S/C46H33NO10S3/c1-2-3-23-47-45(48)34-25-38(56-36-15-9-7-13-31(36)27-11-5-4-6-12-27)42-32-14-8-10-16-40(32)58-44-39(26-35(46(47)49)41(34)43(42)44)57-37-22-21-30(60(53,54)55)24-33(37)28-17-19-29(20-18-28)59(50,51)52/h4-22,24-26H,2-3,23H2,1H3,(H,50,51,52)(H,53,54,55). The molecule has 0 unspecified atom stereocenters. The molecule has 14 heteroatoms. The van der Waals surface area contributed by atoms with E-state index in [4.69, 9.17) is 9.47 Å². The predicted molar refractivity (Wildman–Crippen MR) is 235 cm³/mol. The molecule has 0 bridgehead atoms. The van der Waals surface area contributed by atoms with Crippen LogP contribution in [0.5, 0.6) is 23.0 Å². The molecule has 2 heterocycles. The van der Waals surface area contributed by atoms with E-state index in [-0.39, 0.29) is 39.3 Å². The fraction of sp³-hybridized carbons (Fsp3) is 0.0870. The molecule has 0 saturated carbocycles. The first-order valence-corrected chi connectivity index (χ1v) is 22.5. The van der Waals surface area contributed by atoms with E-state index >= 15 is 0 Å². The molecule has 2 aromatic heterocycles. The Bertz CT molecular complexity index is 3510. The number of rotatable bonds is 11. The summed E-state index contributed by atoms with van der Waals surface area (Å²) in [6.07, 6.45) is 1.31. The summed E-state index contributed by atoms with van der Waals surface area (Å²) in [6.45, 7) is 2.15. The van der Waals surface area contributed by atoms with E-state index in [9.17, 15) is 35.5 Å². The van der Waals surface area contributed by atoms with Gasteiger partial charge in [0.1, 0.15) is 23.0 Å². The van der Waals surface area contributed by atoms with Gasteiger partial charge in [0, 0.05) is 43.9 Å². The van der Waals surface area contributed by atoms with Crippen LogP contribution in [0.2, 0.25) is 0 Å². The highest BCUT2D eigenvalue weighted by Gasteiger charge is 2.26. The molecule has 11 nitrogen and oxygen atoms in total. The maximum Gasteiger partial charge on any atom is 0.294 e. The number of unbranched alkanes of at least 4 members (excludes halogenated alkanes) is 1. The van der Waals surface area contributed by atoms with E-state index in [1.54, 1.807) is 12.1 Å². The monoisotopic (exact) mass is 855 g/mol. The highest BCUT2D eigenvalue weighted by molar-refractivity contribution is 7.86. The molecular weight excluding hydrogens is 823 g/mol. The van der Waals surface area contributed by atoms with Crippen molar-refractivity contribution in [2.45, 2.75) is 36.1 Å². The largest absolute Gasteiger partial charge is 0.456 e. The summed E-state index contributed by atoms with van der Waals surface area (Å²) in [4.78, 5) is 28.1. The minimum atomic E-state index is -4.70. The molecule has 2 N–H and O–H groups in total. The molecule has 0 aliphatic rings. The van der Waals surface area contributed by atoms with E-state index in [2.05, 4.69) is 0 Å². The molecule has 300 valence electrons. The summed E-state index contributed by atoms with van der Waals surface area (Å²) in [6, 6.07) is 37.1. The Morgan fingerprint density at radius 2 is 1.13 bits per heavy atom. The van der Waals surface area contributed by atoms with Crippen LogP contribution in [0, 0.1) is 0 Å². The molecule has 7 aromatic carbocycles. The first-order chi connectivity index (χ1) is 28.8. The first kappa shape index (κ1) is 39.1. The smallest absolute Gasteiger partial charge is 0.294 e. The molecule has 0 aliphatic carbocycles. The van der Waals surface area contributed by atoms with Crippen LogP contribution >= 0.6 is 11.3 Å². The number of fused-ring (bicyclic) bond motifs is 2. The lowest BCUT2D eigenvalue weighted by Crippen LogP contribution is -2.33. The van der Waals surface area contributed by atoms with Crippen molar-refractivity contribution in [3.05, 3.63) is 154 Å². The van der Waals surface area contributed by atoms with Gasteiger partial charge in [-0.05, 0) is 72.1 Å². The van der Waals surface area contributed by atoms with Crippen LogP contribution in [0.15, 0.2) is 153 Å². The average molecular weight is 856 g/mol.